The molecule has 29 heavy (non-hydrogen) atoms. The third kappa shape index (κ3) is 3.85. The fourth-order valence-electron chi connectivity index (χ4n) is 3.40. The van der Waals surface area contributed by atoms with Gasteiger partial charge in [-0.05, 0) is 38.1 Å². The van der Waals surface area contributed by atoms with Crippen LogP contribution in [0.2, 0.25) is 0 Å². The van der Waals surface area contributed by atoms with Gasteiger partial charge in [-0.15, -0.1) is 0 Å². The van der Waals surface area contributed by atoms with Crippen molar-refractivity contribution in [2.45, 2.75) is 25.6 Å². The molecule has 1 atom stereocenters. The van der Waals surface area contributed by atoms with Crippen LogP contribution in [-0.2, 0) is 4.79 Å². The van der Waals surface area contributed by atoms with Crippen molar-refractivity contribution in [2.24, 2.45) is 0 Å². The standard InChI is InChI=1S/C20H22N4O5/c1-20(2)17(24(29)18(27)21-14-9-5-3-6-10-14)23(15-11-7-4-8-12-15)19(28)22(20)13-16(25)26/h3-12,17,29H,13H2,1-2H3,(H,21,27)(H,25,26)/p-1/t17-/m0/s1. The van der Waals surface area contributed by atoms with Crippen LogP contribution in [0.5, 0.6) is 0 Å². The van der Waals surface area contributed by atoms with E-state index in [9.17, 15) is 24.7 Å². The number of hydrogen-bond acceptors (Lipinski definition) is 5. The lowest BCUT2D eigenvalue weighted by atomic mass is 10.00. The lowest BCUT2D eigenvalue weighted by Gasteiger charge is -2.38. The maximum absolute atomic E-state index is 13.0. The highest BCUT2D eigenvalue weighted by Gasteiger charge is 2.56. The Morgan fingerprint density at radius 2 is 1.66 bits per heavy atom. The van der Waals surface area contributed by atoms with Gasteiger partial charge in [0.05, 0.1) is 18.1 Å². The number of hydroxylamine groups is 2. The highest BCUT2D eigenvalue weighted by Crippen LogP contribution is 2.37. The molecule has 0 spiro atoms. The lowest BCUT2D eigenvalue weighted by molar-refractivity contribution is -0.306. The van der Waals surface area contributed by atoms with Crippen LogP contribution >= 0.6 is 0 Å². The predicted molar refractivity (Wildman–Crippen MR) is 103 cm³/mol. The van der Waals surface area contributed by atoms with Gasteiger partial charge in [0.25, 0.3) is 0 Å². The predicted octanol–water partition coefficient (Wildman–Crippen LogP) is 1.71. The Morgan fingerprint density at radius 1 is 1.10 bits per heavy atom. The van der Waals surface area contributed by atoms with Gasteiger partial charge in [-0.2, -0.15) is 5.06 Å². The molecule has 0 aromatic heterocycles. The second-order valence-corrected chi connectivity index (χ2v) is 7.11. The van der Waals surface area contributed by atoms with Gasteiger partial charge in [-0.3, -0.25) is 10.1 Å². The van der Waals surface area contributed by atoms with E-state index in [2.05, 4.69) is 5.32 Å². The largest absolute Gasteiger partial charge is 0.548 e. The third-order valence-electron chi connectivity index (χ3n) is 4.80. The van der Waals surface area contributed by atoms with Gasteiger partial charge in [-0.25, -0.2) is 9.59 Å². The Bertz CT molecular complexity index is 904. The molecule has 2 N–H and O–H groups in total. The first-order valence-corrected chi connectivity index (χ1v) is 8.93. The molecule has 1 aliphatic rings. The number of carboxylic acid groups (broad SMARTS) is 1. The minimum absolute atomic E-state index is 0.406. The minimum Gasteiger partial charge on any atom is -0.548 e. The molecule has 4 amide bonds. The van der Waals surface area contributed by atoms with Gasteiger partial charge in [0.1, 0.15) is 0 Å². The molecular formula is C20H21N4O5-. The number of urea groups is 2. The van der Waals surface area contributed by atoms with Crippen LogP contribution in [0.3, 0.4) is 0 Å². The summed E-state index contributed by atoms with van der Waals surface area (Å²) in [6.07, 6.45) is -1.19. The summed E-state index contributed by atoms with van der Waals surface area (Å²) in [5.41, 5.74) is -0.380. The number of nitrogens with zero attached hydrogens (tertiary/aromatic N) is 3. The number of rotatable bonds is 5. The zero-order valence-electron chi connectivity index (χ0n) is 16.0. The number of aliphatic carboxylic acids is 1. The molecule has 9 heteroatoms. The lowest BCUT2D eigenvalue weighted by Crippen LogP contribution is -2.58. The average molecular weight is 397 g/mol. The molecular weight excluding hydrogens is 376 g/mol. The number of carboxylic acids is 1. The second-order valence-electron chi connectivity index (χ2n) is 7.11. The van der Waals surface area contributed by atoms with Crippen molar-refractivity contribution in [3.8, 4) is 0 Å². The highest BCUT2D eigenvalue weighted by atomic mass is 16.5. The Hall–Kier alpha value is -3.59. The van der Waals surface area contributed by atoms with E-state index in [0.717, 1.165) is 4.90 Å². The average Bonchev–Trinajstić information content (AvgIpc) is 2.88. The molecule has 2 aromatic rings. The topological polar surface area (TPSA) is 116 Å². The summed E-state index contributed by atoms with van der Waals surface area (Å²) in [7, 11) is 0. The number of carbonyl (C=O) groups is 3. The maximum atomic E-state index is 13.0. The number of benzene rings is 2. The van der Waals surface area contributed by atoms with E-state index in [0.29, 0.717) is 16.4 Å². The van der Waals surface area contributed by atoms with Crippen molar-refractivity contribution < 1.29 is 24.7 Å². The SMILES string of the molecule is CC1(C)[C@H](N(O)C(=O)Nc2ccccc2)N(c2ccccc2)C(=O)N1CC(=O)[O-]. The monoisotopic (exact) mass is 397 g/mol. The van der Waals surface area contributed by atoms with E-state index >= 15 is 0 Å². The molecule has 0 radical (unpaired) electrons. The van der Waals surface area contributed by atoms with E-state index in [-0.39, 0.29) is 0 Å². The summed E-state index contributed by atoms with van der Waals surface area (Å²) in [4.78, 5) is 39.2. The van der Waals surface area contributed by atoms with E-state index in [1.165, 1.54) is 4.90 Å². The highest BCUT2D eigenvalue weighted by molar-refractivity contribution is 5.99. The van der Waals surface area contributed by atoms with Crippen molar-refractivity contribution >= 4 is 29.4 Å². The van der Waals surface area contributed by atoms with Crippen molar-refractivity contribution in [2.75, 3.05) is 16.8 Å². The molecule has 0 saturated carbocycles. The molecule has 2 aromatic carbocycles. The number of hydrogen-bond donors (Lipinski definition) is 2. The van der Waals surface area contributed by atoms with Gasteiger partial charge in [0.15, 0.2) is 6.17 Å². The van der Waals surface area contributed by atoms with Gasteiger partial charge in [0.2, 0.25) is 0 Å². The molecule has 1 heterocycles. The second kappa shape index (κ2) is 7.80. The van der Waals surface area contributed by atoms with Gasteiger partial charge >= 0.3 is 12.1 Å². The van der Waals surface area contributed by atoms with Crippen LogP contribution in [0.15, 0.2) is 60.7 Å². The molecule has 152 valence electrons. The minimum atomic E-state index is -1.45. The summed E-state index contributed by atoms with van der Waals surface area (Å²) in [6.45, 7) is 2.46. The Balaban J connectivity index is 1.98. The van der Waals surface area contributed by atoms with Crippen LogP contribution < -0.4 is 15.3 Å². The van der Waals surface area contributed by atoms with Crippen LogP contribution in [0, 0.1) is 0 Å². The molecule has 1 saturated heterocycles. The summed E-state index contributed by atoms with van der Waals surface area (Å²) < 4.78 is 0. The first-order valence-electron chi connectivity index (χ1n) is 8.93. The zero-order valence-corrected chi connectivity index (χ0v) is 16.0. The fourth-order valence-corrected chi connectivity index (χ4v) is 3.40. The quantitative estimate of drug-likeness (QED) is 0.588. The van der Waals surface area contributed by atoms with Crippen molar-refractivity contribution in [3.63, 3.8) is 0 Å². The molecule has 3 rings (SSSR count). The molecule has 0 unspecified atom stereocenters. The first kappa shape index (κ1) is 20.2. The van der Waals surface area contributed by atoms with E-state index in [1.807, 2.05) is 0 Å². The van der Waals surface area contributed by atoms with Gasteiger partial charge in [0, 0.05) is 11.4 Å². The van der Waals surface area contributed by atoms with Crippen molar-refractivity contribution in [1.29, 1.82) is 0 Å². The number of para-hydroxylation sites is 2. The van der Waals surface area contributed by atoms with E-state index < -0.39 is 36.3 Å². The Kier molecular flexibility index (Phi) is 5.42. The molecule has 1 aliphatic heterocycles. The zero-order chi connectivity index (χ0) is 21.2. The molecule has 0 aliphatic carbocycles. The molecule has 9 nitrogen and oxygen atoms in total. The smallest absolute Gasteiger partial charge is 0.347 e. The van der Waals surface area contributed by atoms with Crippen LogP contribution in [0.1, 0.15) is 13.8 Å². The fraction of sp³-hybridized carbons (Fsp3) is 0.250. The number of carbonyl (C=O) groups excluding carboxylic acids is 3. The van der Waals surface area contributed by atoms with Gasteiger partial charge in [-0.1, -0.05) is 36.4 Å². The van der Waals surface area contributed by atoms with Crippen LogP contribution in [0.25, 0.3) is 0 Å². The first-order chi connectivity index (χ1) is 13.7. The van der Waals surface area contributed by atoms with E-state index in [1.54, 1.807) is 74.5 Å². The summed E-state index contributed by atoms with van der Waals surface area (Å²) >= 11 is 0. The normalized spacial score (nSPS) is 17.9. The Morgan fingerprint density at radius 3 is 2.21 bits per heavy atom. The maximum Gasteiger partial charge on any atom is 0.347 e. The van der Waals surface area contributed by atoms with Gasteiger partial charge < -0.3 is 20.1 Å². The summed E-state index contributed by atoms with van der Waals surface area (Å²) in [5, 5.41) is 24.9. The van der Waals surface area contributed by atoms with Crippen LogP contribution in [0.4, 0.5) is 21.0 Å². The molecule has 1 fully saturated rings. The van der Waals surface area contributed by atoms with Crippen molar-refractivity contribution in [1.82, 2.24) is 9.96 Å². The van der Waals surface area contributed by atoms with Crippen molar-refractivity contribution in [3.05, 3.63) is 60.7 Å². The number of nitrogens with one attached hydrogen (secondary N) is 1. The number of amides is 4. The summed E-state index contributed by atoms with van der Waals surface area (Å²) in [6, 6.07) is 15.4. The van der Waals surface area contributed by atoms with E-state index in [4.69, 9.17) is 0 Å². The third-order valence-corrected chi connectivity index (χ3v) is 4.80. The Labute approximate surface area is 167 Å². The summed E-state index contributed by atoms with van der Waals surface area (Å²) in [5.74, 6) is -1.45. The number of anilines is 2. The van der Waals surface area contributed by atoms with Crippen LogP contribution in [-0.4, -0.2) is 51.5 Å². The molecule has 0 bridgehead atoms.